The Hall–Kier alpha value is -1.54. The molecule has 0 N–H and O–H groups in total. The summed E-state index contributed by atoms with van der Waals surface area (Å²) in [7, 11) is 0. The number of carbonyl (C=O) groups is 1. The van der Waals surface area contributed by atoms with Gasteiger partial charge in [0.15, 0.2) is 0 Å². The standard InChI is InChI=1S/C10H5ClF3NO/c1-5-2-6(9(11)16)3-8(7(5)4-15)10(12,13)14/h2-3H,1H3. The molecule has 0 spiro atoms. The molecule has 1 aromatic rings. The number of nitriles is 1. The molecule has 0 saturated carbocycles. The average molecular weight is 248 g/mol. The highest BCUT2D eigenvalue weighted by Gasteiger charge is 2.35. The molecule has 6 heteroatoms. The lowest BCUT2D eigenvalue weighted by molar-refractivity contribution is -0.137. The van der Waals surface area contributed by atoms with Gasteiger partial charge in [0, 0.05) is 5.56 Å². The topological polar surface area (TPSA) is 40.9 Å². The summed E-state index contributed by atoms with van der Waals surface area (Å²) >= 11 is 5.10. The number of hydrogen-bond donors (Lipinski definition) is 0. The molecule has 0 amide bonds. The molecular formula is C10H5ClF3NO. The zero-order chi connectivity index (χ0) is 12.5. The van der Waals surface area contributed by atoms with Gasteiger partial charge in [-0.1, -0.05) is 0 Å². The summed E-state index contributed by atoms with van der Waals surface area (Å²) in [5, 5.41) is 7.64. The molecule has 0 aliphatic rings. The molecule has 0 atom stereocenters. The Morgan fingerprint density at radius 1 is 1.44 bits per heavy atom. The van der Waals surface area contributed by atoms with Crippen LogP contribution in [0.4, 0.5) is 13.2 Å². The fraction of sp³-hybridized carbons (Fsp3) is 0.200. The summed E-state index contributed by atoms with van der Waals surface area (Å²) in [4.78, 5) is 10.8. The lowest BCUT2D eigenvalue weighted by Gasteiger charge is -2.11. The highest BCUT2D eigenvalue weighted by Crippen LogP contribution is 2.34. The fourth-order valence-electron chi connectivity index (χ4n) is 1.27. The van der Waals surface area contributed by atoms with Gasteiger partial charge in [-0.3, -0.25) is 4.79 Å². The predicted molar refractivity (Wildman–Crippen MR) is 51.1 cm³/mol. The van der Waals surface area contributed by atoms with Crippen molar-refractivity contribution < 1.29 is 18.0 Å². The summed E-state index contributed by atoms with van der Waals surface area (Å²) in [6.07, 6.45) is -4.68. The molecule has 1 aromatic carbocycles. The van der Waals surface area contributed by atoms with Crippen LogP contribution in [0.3, 0.4) is 0 Å². The second kappa shape index (κ2) is 4.14. The minimum absolute atomic E-state index is 0.0707. The van der Waals surface area contributed by atoms with E-state index in [2.05, 4.69) is 0 Å². The van der Waals surface area contributed by atoms with E-state index in [0.717, 1.165) is 6.07 Å². The first-order chi connectivity index (χ1) is 7.27. The number of nitrogens with zero attached hydrogens (tertiary/aromatic N) is 1. The maximum atomic E-state index is 12.6. The second-order valence-corrected chi connectivity index (χ2v) is 3.44. The monoisotopic (exact) mass is 247 g/mol. The highest BCUT2D eigenvalue weighted by atomic mass is 35.5. The smallest absolute Gasteiger partial charge is 0.276 e. The van der Waals surface area contributed by atoms with Crippen LogP contribution in [0, 0.1) is 18.3 Å². The third-order valence-corrected chi connectivity index (χ3v) is 2.20. The highest BCUT2D eigenvalue weighted by molar-refractivity contribution is 6.67. The summed E-state index contributed by atoms with van der Waals surface area (Å²) in [6, 6.07) is 3.20. The first-order valence-electron chi connectivity index (χ1n) is 4.09. The van der Waals surface area contributed by atoms with Crippen molar-refractivity contribution in [2.45, 2.75) is 13.1 Å². The molecule has 16 heavy (non-hydrogen) atoms. The van der Waals surface area contributed by atoms with Crippen LogP contribution in [0.25, 0.3) is 0 Å². The summed E-state index contributed by atoms with van der Waals surface area (Å²) in [6.45, 7) is 1.32. The van der Waals surface area contributed by atoms with Gasteiger partial charge in [-0.15, -0.1) is 0 Å². The minimum Gasteiger partial charge on any atom is -0.276 e. The van der Waals surface area contributed by atoms with Gasteiger partial charge in [0.2, 0.25) is 0 Å². The normalized spacial score (nSPS) is 11.0. The second-order valence-electron chi connectivity index (χ2n) is 3.10. The van der Waals surface area contributed by atoms with E-state index in [-0.39, 0.29) is 11.1 Å². The molecule has 0 aromatic heterocycles. The zero-order valence-electron chi connectivity index (χ0n) is 8.02. The van der Waals surface area contributed by atoms with Gasteiger partial charge in [-0.05, 0) is 36.2 Å². The third-order valence-electron chi connectivity index (χ3n) is 1.98. The number of hydrogen-bond acceptors (Lipinski definition) is 2. The lowest BCUT2D eigenvalue weighted by atomic mass is 9.99. The van der Waals surface area contributed by atoms with Gasteiger partial charge in [0.25, 0.3) is 5.24 Å². The van der Waals surface area contributed by atoms with E-state index in [1.165, 1.54) is 13.0 Å². The van der Waals surface area contributed by atoms with Gasteiger partial charge in [0.05, 0.1) is 11.1 Å². The predicted octanol–water partition coefficient (Wildman–Crippen LogP) is 3.26. The number of rotatable bonds is 1. The van der Waals surface area contributed by atoms with Crippen molar-refractivity contribution in [1.29, 1.82) is 5.26 Å². The van der Waals surface area contributed by atoms with Crippen molar-refractivity contribution in [1.82, 2.24) is 0 Å². The van der Waals surface area contributed by atoms with Crippen molar-refractivity contribution in [3.05, 3.63) is 34.4 Å². The van der Waals surface area contributed by atoms with Gasteiger partial charge in [-0.2, -0.15) is 18.4 Å². The number of halogens is 4. The van der Waals surface area contributed by atoms with Crippen molar-refractivity contribution >= 4 is 16.8 Å². The van der Waals surface area contributed by atoms with Crippen molar-refractivity contribution in [2.24, 2.45) is 0 Å². The van der Waals surface area contributed by atoms with E-state index in [9.17, 15) is 18.0 Å². The van der Waals surface area contributed by atoms with Gasteiger partial charge in [0.1, 0.15) is 6.07 Å². The molecule has 0 saturated heterocycles. The minimum atomic E-state index is -4.68. The Kier molecular flexibility index (Phi) is 3.24. The van der Waals surface area contributed by atoms with Crippen LogP contribution >= 0.6 is 11.6 Å². The van der Waals surface area contributed by atoms with Crippen LogP contribution in [-0.2, 0) is 6.18 Å². The average Bonchev–Trinajstić information content (AvgIpc) is 2.14. The van der Waals surface area contributed by atoms with Gasteiger partial charge >= 0.3 is 6.18 Å². The molecule has 0 radical (unpaired) electrons. The Labute approximate surface area is 94.2 Å². The maximum Gasteiger partial charge on any atom is 0.417 e. The SMILES string of the molecule is Cc1cc(C(=O)Cl)cc(C(F)(F)F)c1C#N. The van der Waals surface area contributed by atoms with E-state index in [4.69, 9.17) is 16.9 Å². The number of aryl methyl sites for hydroxylation is 1. The molecule has 0 heterocycles. The largest absolute Gasteiger partial charge is 0.417 e. The zero-order valence-corrected chi connectivity index (χ0v) is 8.78. The molecule has 0 aliphatic carbocycles. The van der Waals surface area contributed by atoms with Crippen LogP contribution in [0.15, 0.2) is 12.1 Å². The quantitative estimate of drug-likeness (QED) is 0.715. The molecule has 2 nitrogen and oxygen atoms in total. The van der Waals surface area contributed by atoms with Crippen LogP contribution in [0.1, 0.15) is 27.0 Å². The Morgan fingerprint density at radius 2 is 2.00 bits per heavy atom. The first-order valence-corrected chi connectivity index (χ1v) is 4.47. The number of carbonyl (C=O) groups excluding carboxylic acids is 1. The molecule has 84 valence electrons. The molecule has 0 unspecified atom stereocenters. The number of alkyl halides is 3. The van der Waals surface area contributed by atoms with E-state index >= 15 is 0 Å². The third kappa shape index (κ3) is 2.34. The molecule has 0 fully saturated rings. The van der Waals surface area contributed by atoms with Crippen molar-refractivity contribution in [3.63, 3.8) is 0 Å². The van der Waals surface area contributed by atoms with Crippen molar-refractivity contribution in [3.8, 4) is 6.07 Å². The molecule has 1 rings (SSSR count). The van der Waals surface area contributed by atoms with Gasteiger partial charge < -0.3 is 0 Å². The van der Waals surface area contributed by atoms with Crippen molar-refractivity contribution in [2.75, 3.05) is 0 Å². The van der Waals surface area contributed by atoms with Crippen LogP contribution in [0.5, 0.6) is 0 Å². The summed E-state index contributed by atoms with van der Waals surface area (Å²) in [5.41, 5.74) is -1.83. The Morgan fingerprint density at radius 3 is 2.38 bits per heavy atom. The molecule has 0 aliphatic heterocycles. The number of benzene rings is 1. The summed E-state index contributed by atoms with van der Waals surface area (Å²) in [5.74, 6) is 0. The van der Waals surface area contributed by atoms with Gasteiger partial charge in [-0.25, -0.2) is 0 Å². The van der Waals surface area contributed by atoms with E-state index in [0.29, 0.717) is 6.07 Å². The maximum absolute atomic E-state index is 12.6. The first kappa shape index (κ1) is 12.5. The van der Waals surface area contributed by atoms with E-state index < -0.39 is 22.5 Å². The molecule has 0 bridgehead atoms. The lowest BCUT2D eigenvalue weighted by Crippen LogP contribution is -2.10. The Balaban J connectivity index is 3.57. The van der Waals surface area contributed by atoms with Crippen LogP contribution in [0.2, 0.25) is 0 Å². The van der Waals surface area contributed by atoms with Crippen LogP contribution < -0.4 is 0 Å². The van der Waals surface area contributed by atoms with Crippen LogP contribution in [-0.4, -0.2) is 5.24 Å². The fourth-order valence-corrected chi connectivity index (χ4v) is 1.38. The summed E-state index contributed by atoms with van der Waals surface area (Å²) < 4.78 is 37.7. The Bertz CT molecular complexity index is 488. The van der Waals surface area contributed by atoms with E-state index in [1.54, 1.807) is 0 Å². The molecular weight excluding hydrogens is 243 g/mol. The van der Waals surface area contributed by atoms with E-state index in [1.807, 2.05) is 0 Å².